The molecule has 0 radical (unpaired) electrons. The van der Waals surface area contributed by atoms with Gasteiger partial charge in [-0.1, -0.05) is 78.9 Å². The molecule has 6 aromatic rings. The van der Waals surface area contributed by atoms with Gasteiger partial charge in [0.15, 0.2) is 17.2 Å². The number of benzene rings is 5. The highest BCUT2D eigenvalue weighted by atomic mass is 32.2. The van der Waals surface area contributed by atoms with E-state index >= 15 is 0 Å². The van der Waals surface area contributed by atoms with E-state index in [4.69, 9.17) is 9.84 Å². The third-order valence-electron chi connectivity index (χ3n) is 9.35. The van der Waals surface area contributed by atoms with Gasteiger partial charge in [0, 0.05) is 42.0 Å². The van der Waals surface area contributed by atoms with Gasteiger partial charge < -0.3 is 24.2 Å². The number of aromatic nitrogens is 2. The van der Waals surface area contributed by atoms with Crippen LogP contribution < -0.4 is 19.1 Å². The van der Waals surface area contributed by atoms with E-state index in [1.165, 1.54) is 14.5 Å². The Hall–Kier alpha value is -6.88. The van der Waals surface area contributed by atoms with Gasteiger partial charge in [-0.2, -0.15) is 26.7 Å². The molecule has 0 unspecified atom stereocenters. The zero-order valence-corrected chi connectivity index (χ0v) is 30.7. The normalized spacial score (nSPS) is 14.1. The molecule has 13 nitrogen and oxygen atoms in total. The summed E-state index contributed by atoms with van der Waals surface area (Å²) in [7, 11) is -5.19. The maximum atomic E-state index is 14.9. The quantitative estimate of drug-likeness (QED) is 0.109. The number of alkyl halides is 3. The lowest BCUT2D eigenvalue weighted by atomic mass is 9.93. The minimum atomic E-state index is -6.25. The number of fused-ring (bicyclic) bond motifs is 2. The van der Waals surface area contributed by atoms with Crippen molar-refractivity contribution in [3.05, 3.63) is 144 Å². The Morgan fingerprint density at radius 1 is 0.860 bits per heavy atom. The minimum Gasteiger partial charge on any atom is -0.493 e. The molecule has 0 spiro atoms. The molecule has 0 saturated carbocycles. The molecular weight excluding hydrogens is 768 g/mol. The number of carboxylic acid groups (broad SMARTS) is 1. The van der Waals surface area contributed by atoms with Crippen LogP contribution in [0.3, 0.4) is 0 Å². The van der Waals surface area contributed by atoms with Crippen LogP contribution in [-0.2, 0) is 23.1 Å². The molecular formula is C40H32F3N5O8S. The third-order valence-corrected chi connectivity index (χ3v) is 10.3. The molecule has 1 atom stereocenters. The summed E-state index contributed by atoms with van der Waals surface area (Å²) in [6.45, 7) is -0.263. The van der Waals surface area contributed by atoms with Crippen molar-refractivity contribution in [1.82, 2.24) is 20.0 Å². The summed E-state index contributed by atoms with van der Waals surface area (Å²) in [6, 6.07) is 32.5. The van der Waals surface area contributed by atoms with E-state index in [0.717, 1.165) is 30.4 Å². The summed E-state index contributed by atoms with van der Waals surface area (Å²) in [5, 5.41) is 16.8. The van der Waals surface area contributed by atoms with Gasteiger partial charge in [0.1, 0.15) is 0 Å². The van der Waals surface area contributed by atoms with E-state index in [1.807, 2.05) is 6.07 Å². The molecule has 57 heavy (non-hydrogen) atoms. The zero-order chi connectivity index (χ0) is 40.5. The minimum absolute atomic E-state index is 0.0455. The Kier molecular flexibility index (Phi) is 10.3. The average molecular weight is 800 g/mol. The van der Waals surface area contributed by atoms with Gasteiger partial charge in [0.2, 0.25) is 0 Å². The SMILES string of the molecule is COc1cc(-n2nc(C(=O)N(c3ccccc3)c3ccccc3)c3ccccc32)c(C(=O)N2Cc3ccccc3C[C@H]2CNC(=O)O)cc1OS(=O)(=O)C(F)(F)F. The van der Waals surface area contributed by atoms with E-state index in [-0.39, 0.29) is 30.9 Å². The van der Waals surface area contributed by atoms with Crippen molar-refractivity contribution in [1.29, 1.82) is 0 Å². The fourth-order valence-electron chi connectivity index (χ4n) is 6.70. The van der Waals surface area contributed by atoms with Crippen LogP contribution >= 0.6 is 0 Å². The molecule has 0 aliphatic carbocycles. The van der Waals surface area contributed by atoms with Crippen molar-refractivity contribution in [3.8, 4) is 17.2 Å². The first kappa shape index (κ1) is 38.4. The third kappa shape index (κ3) is 7.56. The maximum Gasteiger partial charge on any atom is 0.534 e. The summed E-state index contributed by atoms with van der Waals surface area (Å²) in [5.74, 6) is -2.86. The van der Waals surface area contributed by atoms with Gasteiger partial charge in [-0.05, 0) is 47.9 Å². The Morgan fingerprint density at radius 3 is 2.07 bits per heavy atom. The monoisotopic (exact) mass is 799 g/mol. The standard InChI is InChI=1S/C40H32F3N5O8S/c1-55-34-22-33(48-32-19-11-10-18-30(32)36(45-48)38(50)47(27-14-4-2-5-15-27)28-16-6-3-7-17-28)31(21-35(34)56-57(53,54)40(41,42)43)37(49)46-24-26-13-9-8-12-25(26)20-29(46)23-44-39(51)52/h2-19,21-22,29,44H,20,23-24H2,1H3,(H,51,52)/t29-/m0/s1. The fraction of sp³-hybridized carbons (Fsp3) is 0.150. The summed E-state index contributed by atoms with van der Waals surface area (Å²) < 4.78 is 76.6. The van der Waals surface area contributed by atoms with E-state index in [9.17, 15) is 41.1 Å². The molecule has 0 fully saturated rings. The van der Waals surface area contributed by atoms with Crippen molar-refractivity contribution in [2.45, 2.75) is 24.5 Å². The van der Waals surface area contributed by atoms with Crippen molar-refractivity contribution in [2.75, 3.05) is 18.6 Å². The highest BCUT2D eigenvalue weighted by molar-refractivity contribution is 7.88. The second-order valence-corrected chi connectivity index (χ2v) is 14.4. The van der Waals surface area contributed by atoms with Crippen LogP contribution in [0.1, 0.15) is 32.0 Å². The second kappa shape index (κ2) is 15.3. The van der Waals surface area contributed by atoms with Crippen LogP contribution in [0.2, 0.25) is 0 Å². The lowest BCUT2D eigenvalue weighted by Gasteiger charge is -2.37. The number of amides is 3. The molecule has 1 aliphatic rings. The molecule has 17 heteroatoms. The number of carbonyl (C=O) groups is 3. The van der Waals surface area contributed by atoms with Gasteiger partial charge in [0.25, 0.3) is 11.8 Å². The predicted molar refractivity (Wildman–Crippen MR) is 202 cm³/mol. The number of carbonyl (C=O) groups excluding carboxylic acids is 2. The Labute approximate surface area is 323 Å². The highest BCUT2D eigenvalue weighted by Gasteiger charge is 2.49. The van der Waals surface area contributed by atoms with E-state index in [1.54, 1.807) is 103 Å². The van der Waals surface area contributed by atoms with Crippen molar-refractivity contribution in [2.24, 2.45) is 0 Å². The number of rotatable bonds is 10. The van der Waals surface area contributed by atoms with Gasteiger partial charge in [-0.15, -0.1) is 0 Å². The number of anilines is 2. The first-order valence-corrected chi connectivity index (χ1v) is 18.7. The largest absolute Gasteiger partial charge is 0.534 e. The molecule has 0 saturated heterocycles. The Balaban J connectivity index is 1.44. The predicted octanol–water partition coefficient (Wildman–Crippen LogP) is 7.08. The lowest BCUT2D eigenvalue weighted by Crippen LogP contribution is -2.50. The number of halogens is 3. The molecule has 2 N–H and O–H groups in total. The van der Waals surface area contributed by atoms with Crippen LogP contribution in [0, 0.1) is 0 Å². The Bertz CT molecular complexity index is 2560. The van der Waals surface area contributed by atoms with Crippen LogP contribution in [0.25, 0.3) is 16.6 Å². The number of methoxy groups -OCH3 is 1. The topological polar surface area (TPSA) is 160 Å². The molecule has 7 rings (SSSR count). The number of ether oxygens (including phenoxy) is 1. The fourth-order valence-corrected chi connectivity index (χ4v) is 7.17. The Morgan fingerprint density at radius 2 is 1.46 bits per heavy atom. The molecule has 0 bridgehead atoms. The molecule has 5 aromatic carbocycles. The van der Waals surface area contributed by atoms with Gasteiger partial charge in [0.05, 0.1) is 29.9 Å². The zero-order valence-electron chi connectivity index (χ0n) is 29.9. The first-order valence-electron chi connectivity index (χ1n) is 17.3. The van der Waals surface area contributed by atoms with Crippen molar-refractivity contribution in [3.63, 3.8) is 0 Å². The van der Waals surface area contributed by atoms with E-state index in [0.29, 0.717) is 22.3 Å². The first-order chi connectivity index (χ1) is 27.3. The molecule has 1 aliphatic heterocycles. The van der Waals surface area contributed by atoms with E-state index in [2.05, 4.69) is 9.50 Å². The molecule has 292 valence electrons. The smallest absolute Gasteiger partial charge is 0.493 e. The summed E-state index contributed by atoms with van der Waals surface area (Å²) in [5.41, 5.74) is -3.50. The highest BCUT2D eigenvalue weighted by Crippen LogP contribution is 2.39. The van der Waals surface area contributed by atoms with Crippen LogP contribution in [0.5, 0.6) is 11.5 Å². The number of para-hydroxylation sites is 3. The molecule has 2 heterocycles. The number of hydrogen-bond acceptors (Lipinski definition) is 8. The van der Waals surface area contributed by atoms with Crippen molar-refractivity contribution < 1.29 is 50.0 Å². The number of nitrogens with one attached hydrogen (secondary N) is 1. The number of hydrogen-bond donors (Lipinski definition) is 2. The maximum absolute atomic E-state index is 14.9. The summed E-state index contributed by atoms with van der Waals surface area (Å²) in [6.07, 6.45) is -1.14. The van der Waals surface area contributed by atoms with Gasteiger partial charge in [-0.3, -0.25) is 14.5 Å². The van der Waals surface area contributed by atoms with Crippen LogP contribution in [0.15, 0.2) is 121 Å². The molecule has 1 aromatic heterocycles. The summed E-state index contributed by atoms with van der Waals surface area (Å²) >= 11 is 0. The molecule has 3 amide bonds. The van der Waals surface area contributed by atoms with Crippen LogP contribution in [0.4, 0.5) is 29.3 Å². The van der Waals surface area contributed by atoms with Crippen LogP contribution in [-0.4, -0.2) is 71.3 Å². The van der Waals surface area contributed by atoms with E-state index < -0.39 is 56.6 Å². The number of nitrogens with zero attached hydrogens (tertiary/aromatic N) is 4. The average Bonchev–Trinajstić information content (AvgIpc) is 3.59. The second-order valence-electron chi connectivity index (χ2n) is 12.8. The summed E-state index contributed by atoms with van der Waals surface area (Å²) in [4.78, 5) is 43.9. The van der Waals surface area contributed by atoms with Gasteiger partial charge in [-0.25, -0.2) is 9.48 Å². The lowest BCUT2D eigenvalue weighted by molar-refractivity contribution is -0.0500. The van der Waals surface area contributed by atoms with Gasteiger partial charge >= 0.3 is 21.7 Å². The van der Waals surface area contributed by atoms with Crippen molar-refractivity contribution >= 4 is 50.3 Å².